The normalized spacial score (nSPS) is 15.0. The summed E-state index contributed by atoms with van der Waals surface area (Å²) >= 11 is 8.73. The van der Waals surface area contributed by atoms with Crippen LogP contribution in [0.5, 0.6) is 0 Å². The molecular weight excluding hydrogens is 316 g/mol. The van der Waals surface area contributed by atoms with Crippen molar-refractivity contribution < 1.29 is 0 Å². The molecule has 9 heteroatoms. The van der Waals surface area contributed by atoms with Gasteiger partial charge < -0.3 is 4.90 Å². The van der Waals surface area contributed by atoms with Crippen LogP contribution in [0.2, 0.25) is 5.28 Å². The molecule has 106 valence electrons. The zero-order chi connectivity index (χ0) is 13.9. The van der Waals surface area contributed by atoms with Gasteiger partial charge in [-0.15, -0.1) is 0 Å². The minimum Gasteiger partial charge on any atom is -0.341 e. The van der Waals surface area contributed by atoms with Gasteiger partial charge in [-0.05, 0) is 47.7 Å². The molecule has 0 saturated carbocycles. The average molecular weight is 329 g/mol. The smallest absolute Gasteiger partial charge is 0.230 e. The van der Waals surface area contributed by atoms with Crippen LogP contribution in [0, 0.1) is 0 Å². The highest BCUT2D eigenvalue weighted by molar-refractivity contribution is 8.00. The van der Waals surface area contributed by atoms with Gasteiger partial charge in [-0.25, -0.2) is 4.98 Å². The number of anilines is 1. The zero-order valence-corrected chi connectivity index (χ0v) is 13.3. The second-order valence-electron chi connectivity index (χ2n) is 4.31. The Morgan fingerprint density at radius 1 is 1.20 bits per heavy atom. The molecule has 3 heterocycles. The predicted octanol–water partition coefficient (Wildman–Crippen LogP) is 2.69. The molecule has 0 aliphatic carbocycles. The van der Waals surface area contributed by atoms with Crippen molar-refractivity contribution in [2.45, 2.75) is 35.7 Å². The van der Waals surface area contributed by atoms with Gasteiger partial charge in [-0.2, -0.15) is 19.3 Å². The topological polar surface area (TPSA) is 67.7 Å². The maximum Gasteiger partial charge on any atom is 0.230 e. The molecule has 0 bridgehead atoms. The molecule has 2 aromatic heterocycles. The maximum atomic E-state index is 5.99. The van der Waals surface area contributed by atoms with Crippen molar-refractivity contribution in [2.75, 3.05) is 18.0 Å². The Bertz CT molecular complexity index is 598. The van der Waals surface area contributed by atoms with Crippen LogP contribution < -0.4 is 4.90 Å². The highest BCUT2D eigenvalue weighted by Crippen LogP contribution is 2.28. The Kier molecular flexibility index (Phi) is 4.32. The van der Waals surface area contributed by atoms with E-state index in [0.717, 1.165) is 29.7 Å². The zero-order valence-electron chi connectivity index (χ0n) is 10.9. The van der Waals surface area contributed by atoms with Gasteiger partial charge in [0.2, 0.25) is 16.4 Å². The standard InChI is InChI=1S/C11H13ClN6S2/c1-2-7-13-11(20-17-7)19-10-15-8(12)14-9(16-10)18-5-3-4-6-18/h2-6H2,1H3. The van der Waals surface area contributed by atoms with Crippen molar-refractivity contribution in [3.8, 4) is 0 Å². The lowest BCUT2D eigenvalue weighted by atomic mass is 10.4. The van der Waals surface area contributed by atoms with Gasteiger partial charge in [0.15, 0.2) is 4.34 Å². The number of aromatic nitrogens is 5. The molecule has 2 aromatic rings. The lowest BCUT2D eigenvalue weighted by molar-refractivity contribution is 0.825. The van der Waals surface area contributed by atoms with E-state index < -0.39 is 0 Å². The van der Waals surface area contributed by atoms with Crippen molar-refractivity contribution in [1.29, 1.82) is 0 Å². The van der Waals surface area contributed by atoms with Crippen LogP contribution in [0.1, 0.15) is 25.6 Å². The van der Waals surface area contributed by atoms with Crippen molar-refractivity contribution >= 4 is 40.8 Å². The molecule has 3 rings (SSSR count). The summed E-state index contributed by atoms with van der Waals surface area (Å²) in [5, 5.41) is 0.801. The van der Waals surface area contributed by atoms with Crippen molar-refractivity contribution in [3.63, 3.8) is 0 Å². The van der Waals surface area contributed by atoms with Crippen LogP contribution in [0.25, 0.3) is 0 Å². The van der Waals surface area contributed by atoms with Gasteiger partial charge in [0.25, 0.3) is 0 Å². The summed E-state index contributed by atoms with van der Waals surface area (Å²) in [4.78, 5) is 19.4. The maximum absolute atomic E-state index is 5.99. The first-order valence-electron chi connectivity index (χ1n) is 6.41. The molecule has 0 radical (unpaired) electrons. The van der Waals surface area contributed by atoms with E-state index in [0.29, 0.717) is 11.1 Å². The van der Waals surface area contributed by atoms with Crippen LogP contribution >= 0.6 is 34.9 Å². The van der Waals surface area contributed by atoms with Crippen molar-refractivity contribution in [3.05, 3.63) is 11.1 Å². The number of hydrogen-bond donors (Lipinski definition) is 0. The number of hydrogen-bond acceptors (Lipinski definition) is 8. The lowest BCUT2D eigenvalue weighted by Crippen LogP contribution is -2.21. The van der Waals surface area contributed by atoms with Crippen LogP contribution in [0.15, 0.2) is 9.50 Å². The first-order valence-corrected chi connectivity index (χ1v) is 8.38. The third-order valence-electron chi connectivity index (χ3n) is 2.91. The summed E-state index contributed by atoms with van der Waals surface area (Å²) in [6.45, 7) is 3.98. The van der Waals surface area contributed by atoms with Crippen LogP contribution in [0.3, 0.4) is 0 Å². The highest BCUT2D eigenvalue weighted by Gasteiger charge is 2.18. The fourth-order valence-corrected chi connectivity index (χ4v) is 3.68. The molecular formula is C11H13ClN6S2. The van der Waals surface area contributed by atoms with E-state index >= 15 is 0 Å². The largest absolute Gasteiger partial charge is 0.341 e. The first kappa shape index (κ1) is 14.0. The molecule has 0 aromatic carbocycles. The fraction of sp³-hybridized carbons (Fsp3) is 0.545. The van der Waals surface area contributed by atoms with E-state index in [4.69, 9.17) is 11.6 Å². The molecule has 0 atom stereocenters. The molecule has 20 heavy (non-hydrogen) atoms. The summed E-state index contributed by atoms with van der Waals surface area (Å²) in [5.74, 6) is 1.50. The van der Waals surface area contributed by atoms with Crippen molar-refractivity contribution in [1.82, 2.24) is 24.3 Å². The summed E-state index contributed by atoms with van der Waals surface area (Å²) in [5.41, 5.74) is 0. The van der Waals surface area contributed by atoms with Crippen LogP contribution in [-0.4, -0.2) is 37.4 Å². The Balaban J connectivity index is 1.81. The fourth-order valence-electron chi connectivity index (χ4n) is 1.93. The molecule has 1 fully saturated rings. The molecule has 6 nitrogen and oxygen atoms in total. The van der Waals surface area contributed by atoms with Gasteiger partial charge in [0, 0.05) is 19.5 Å². The summed E-state index contributed by atoms with van der Waals surface area (Å²) < 4.78 is 5.08. The Morgan fingerprint density at radius 2 is 2.00 bits per heavy atom. The molecule has 0 unspecified atom stereocenters. The number of nitrogens with zero attached hydrogens (tertiary/aromatic N) is 6. The van der Waals surface area contributed by atoms with Crippen LogP contribution in [0.4, 0.5) is 5.95 Å². The summed E-state index contributed by atoms with van der Waals surface area (Å²) in [6.07, 6.45) is 3.16. The van der Waals surface area contributed by atoms with E-state index in [-0.39, 0.29) is 5.28 Å². The number of halogens is 1. The Morgan fingerprint density at radius 3 is 2.70 bits per heavy atom. The first-order chi connectivity index (χ1) is 9.74. The average Bonchev–Trinajstić information content (AvgIpc) is 3.09. The second-order valence-corrected chi connectivity index (χ2v) is 6.62. The summed E-state index contributed by atoms with van der Waals surface area (Å²) in [6, 6.07) is 0. The quantitative estimate of drug-likeness (QED) is 0.854. The summed E-state index contributed by atoms with van der Waals surface area (Å²) in [7, 11) is 0. The third-order valence-corrected chi connectivity index (χ3v) is 4.73. The minimum atomic E-state index is 0.227. The minimum absolute atomic E-state index is 0.227. The van der Waals surface area contributed by atoms with Gasteiger partial charge in [0.05, 0.1) is 0 Å². The van der Waals surface area contributed by atoms with Gasteiger partial charge in [-0.1, -0.05) is 6.92 Å². The molecule has 1 saturated heterocycles. The molecule has 0 N–H and O–H groups in total. The highest BCUT2D eigenvalue weighted by atomic mass is 35.5. The van der Waals surface area contributed by atoms with E-state index in [1.165, 1.54) is 36.1 Å². The predicted molar refractivity (Wildman–Crippen MR) is 79.7 cm³/mol. The second kappa shape index (κ2) is 6.19. The van der Waals surface area contributed by atoms with Crippen LogP contribution in [-0.2, 0) is 6.42 Å². The molecule has 0 spiro atoms. The van der Waals surface area contributed by atoms with Gasteiger partial charge in [0.1, 0.15) is 5.82 Å². The Hall–Kier alpha value is -0.990. The van der Waals surface area contributed by atoms with Gasteiger partial charge >= 0.3 is 0 Å². The molecule has 1 aliphatic rings. The van der Waals surface area contributed by atoms with E-state index in [2.05, 4.69) is 29.2 Å². The van der Waals surface area contributed by atoms with Crippen molar-refractivity contribution in [2.24, 2.45) is 0 Å². The van der Waals surface area contributed by atoms with E-state index in [1.807, 2.05) is 6.92 Å². The number of aryl methyl sites for hydroxylation is 1. The molecule has 1 aliphatic heterocycles. The monoisotopic (exact) mass is 328 g/mol. The third kappa shape index (κ3) is 3.18. The van der Waals surface area contributed by atoms with E-state index in [1.54, 1.807) is 0 Å². The molecule has 0 amide bonds. The number of rotatable bonds is 4. The Labute approximate surface area is 130 Å². The van der Waals surface area contributed by atoms with E-state index in [9.17, 15) is 0 Å². The SMILES string of the molecule is CCc1nsc(Sc2nc(Cl)nc(N3CCCC3)n2)n1. The van der Waals surface area contributed by atoms with Gasteiger partial charge in [-0.3, -0.25) is 0 Å². The lowest BCUT2D eigenvalue weighted by Gasteiger charge is -2.14.